The molecule has 15 heavy (non-hydrogen) atoms. The van der Waals surface area contributed by atoms with E-state index in [1.807, 2.05) is 0 Å². The Morgan fingerprint density at radius 1 is 0.867 bits per heavy atom. The topological polar surface area (TPSA) is 20.2 Å². The molecule has 0 aliphatic rings. The van der Waals surface area contributed by atoms with Gasteiger partial charge in [-0.25, -0.2) is 0 Å². The number of hydrogen-bond donors (Lipinski definition) is 1. The molecule has 2 heteroatoms. The number of rotatable bonds is 8. The SMILES string of the molecule is OCCCCCCC[Te]c1ccccc1. The van der Waals surface area contributed by atoms with Gasteiger partial charge in [0.1, 0.15) is 0 Å². The van der Waals surface area contributed by atoms with Gasteiger partial charge < -0.3 is 0 Å². The quantitative estimate of drug-likeness (QED) is 0.576. The van der Waals surface area contributed by atoms with Crippen LogP contribution in [0.3, 0.4) is 0 Å². The van der Waals surface area contributed by atoms with Gasteiger partial charge in [0.2, 0.25) is 0 Å². The molecule has 0 aliphatic heterocycles. The van der Waals surface area contributed by atoms with Gasteiger partial charge in [-0.15, -0.1) is 0 Å². The van der Waals surface area contributed by atoms with Crippen LogP contribution in [0.5, 0.6) is 0 Å². The van der Waals surface area contributed by atoms with E-state index in [2.05, 4.69) is 30.3 Å². The first-order valence-electron chi connectivity index (χ1n) is 5.72. The molecule has 0 saturated heterocycles. The van der Waals surface area contributed by atoms with Gasteiger partial charge in [-0.05, 0) is 0 Å². The Bertz CT molecular complexity index is 236. The van der Waals surface area contributed by atoms with Crippen molar-refractivity contribution in [2.45, 2.75) is 36.6 Å². The van der Waals surface area contributed by atoms with E-state index >= 15 is 0 Å². The summed E-state index contributed by atoms with van der Waals surface area (Å²) in [7, 11) is 0. The molecule has 1 aromatic rings. The number of unbranched alkanes of at least 4 members (excludes halogenated alkanes) is 4. The van der Waals surface area contributed by atoms with E-state index in [0.717, 1.165) is 6.42 Å². The van der Waals surface area contributed by atoms with Crippen molar-refractivity contribution in [3.05, 3.63) is 30.3 Å². The fourth-order valence-electron chi connectivity index (χ4n) is 1.45. The molecule has 0 bridgehead atoms. The fraction of sp³-hybridized carbons (Fsp3) is 0.538. The van der Waals surface area contributed by atoms with Crippen molar-refractivity contribution in [2.24, 2.45) is 0 Å². The summed E-state index contributed by atoms with van der Waals surface area (Å²) in [5.74, 6) is 0. The second-order valence-electron chi connectivity index (χ2n) is 3.65. The van der Waals surface area contributed by atoms with Crippen LogP contribution in [0.4, 0.5) is 0 Å². The maximum absolute atomic E-state index is 8.62. The molecular formula is C13H20OTe. The monoisotopic (exact) mass is 322 g/mol. The third-order valence-corrected chi connectivity index (χ3v) is 5.45. The zero-order valence-corrected chi connectivity index (χ0v) is 11.5. The molecule has 0 fully saturated rings. The van der Waals surface area contributed by atoms with Crippen LogP contribution in [-0.4, -0.2) is 32.6 Å². The van der Waals surface area contributed by atoms with Crippen LogP contribution in [0.2, 0.25) is 4.47 Å². The maximum atomic E-state index is 8.62. The molecule has 0 spiro atoms. The normalized spacial score (nSPS) is 10.5. The van der Waals surface area contributed by atoms with Crippen molar-refractivity contribution in [3.63, 3.8) is 0 Å². The molecule has 84 valence electrons. The van der Waals surface area contributed by atoms with Gasteiger partial charge >= 0.3 is 103 Å². The summed E-state index contributed by atoms with van der Waals surface area (Å²) >= 11 is 0.0771. The van der Waals surface area contributed by atoms with E-state index < -0.39 is 0 Å². The first-order valence-corrected chi connectivity index (χ1v) is 8.53. The van der Waals surface area contributed by atoms with Crippen molar-refractivity contribution in [3.8, 4) is 0 Å². The molecule has 1 N–H and O–H groups in total. The van der Waals surface area contributed by atoms with E-state index in [1.54, 1.807) is 3.61 Å². The average Bonchev–Trinajstić information content (AvgIpc) is 2.29. The Hall–Kier alpha value is -0.0304. The Morgan fingerprint density at radius 2 is 1.53 bits per heavy atom. The predicted molar refractivity (Wildman–Crippen MR) is 66.8 cm³/mol. The molecule has 0 heterocycles. The van der Waals surface area contributed by atoms with Crippen molar-refractivity contribution in [2.75, 3.05) is 6.61 Å². The van der Waals surface area contributed by atoms with Crippen LogP contribution in [0, 0.1) is 0 Å². The second-order valence-corrected chi connectivity index (χ2v) is 6.99. The standard InChI is InChI=1S/C13H20OTe/c14-11-7-2-1-3-8-12-15-13-9-5-4-6-10-13/h4-6,9-10,14H,1-3,7-8,11-12H2. The molecule has 0 radical (unpaired) electrons. The first kappa shape index (κ1) is 13.0. The predicted octanol–water partition coefficient (Wildman–Crippen LogP) is 2.38. The van der Waals surface area contributed by atoms with E-state index in [1.165, 1.54) is 30.2 Å². The Labute approximate surface area is 103 Å². The first-order chi connectivity index (χ1) is 7.43. The minimum atomic E-state index is 0.0771. The Morgan fingerprint density at radius 3 is 2.27 bits per heavy atom. The molecule has 0 atom stereocenters. The molecule has 0 amide bonds. The second kappa shape index (κ2) is 9.21. The summed E-state index contributed by atoms with van der Waals surface area (Å²) in [6, 6.07) is 10.9. The summed E-state index contributed by atoms with van der Waals surface area (Å²) in [6.07, 6.45) is 6.19. The van der Waals surface area contributed by atoms with E-state index in [0.29, 0.717) is 6.61 Å². The molecular weight excluding hydrogens is 300 g/mol. The molecule has 1 rings (SSSR count). The van der Waals surface area contributed by atoms with E-state index in [9.17, 15) is 0 Å². The number of benzene rings is 1. The number of hydrogen-bond acceptors (Lipinski definition) is 1. The van der Waals surface area contributed by atoms with Gasteiger partial charge in [-0.2, -0.15) is 0 Å². The molecule has 0 aliphatic carbocycles. The van der Waals surface area contributed by atoms with Crippen molar-refractivity contribution < 1.29 is 5.11 Å². The zero-order valence-electron chi connectivity index (χ0n) is 9.19. The van der Waals surface area contributed by atoms with Crippen LogP contribution in [0.1, 0.15) is 32.1 Å². The van der Waals surface area contributed by atoms with Gasteiger partial charge in [0.15, 0.2) is 0 Å². The van der Waals surface area contributed by atoms with Gasteiger partial charge in [0, 0.05) is 0 Å². The number of aliphatic hydroxyl groups excluding tert-OH is 1. The summed E-state index contributed by atoms with van der Waals surface area (Å²) in [4.78, 5) is 0. The summed E-state index contributed by atoms with van der Waals surface area (Å²) in [6.45, 7) is 0.359. The van der Waals surface area contributed by atoms with Gasteiger partial charge in [0.25, 0.3) is 0 Å². The molecule has 1 aromatic carbocycles. The third kappa shape index (κ3) is 6.95. The van der Waals surface area contributed by atoms with E-state index in [-0.39, 0.29) is 20.9 Å². The van der Waals surface area contributed by atoms with Crippen LogP contribution in [0.25, 0.3) is 0 Å². The summed E-state index contributed by atoms with van der Waals surface area (Å²) in [5, 5.41) is 8.62. The van der Waals surface area contributed by atoms with E-state index in [4.69, 9.17) is 5.11 Å². The van der Waals surface area contributed by atoms with Gasteiger partial charge in [-0.1, -0.05) is 0 Å². The summed E-state index contributed by atoms with van der Waals surface area (Å²) < 4.78 is 3.01. The molecule has 0 aromatic heterocycles. The van der Waals surface area contributed by atoms with Crippen LogP contribution >= 0.6 is 0 Å². The fourth-order valence-corrected chi connectivity index (χ4v) is 4.12. The average molecular weight is 320 g/mol. The van der Waals surface area contributed by atoms with Crippen molar-refractivity contribution in [1.29, 1.82) is 0 Å². The molecule has 0 saturated carbocycles. The zero-order chi connectivity index (χ0) is 10.8. The summed E-state index contributed by atoms with van der Waals surface area (Å²) in [5.41, 5.74) is 0. The molecule has 1 nitrogen and oxygen atoms in total. The van der Waals surface area contributed by atoms with Gasteiger partial charge in [0.05, 0.1) is 0 Å². The van der Waals surface area contributed by atoms with Crippen LogP contribution in [-0.2, 0) is 0 Å². The van der Waals surface area contributed by atoms with Crippen LogP contribution in [0.15, 0.2) is 30.3 Å². The third-order valence-electron chi connectivity index (χ3n) is 2.31. The van der Waals surface area contributed by atoms with Gasteiger partial charge in [-0.3, -0.25) is 0 Å². The van der Waals surface area contributed by atoms with Crippen molar-refractivity contribution in [1.82, 2.24) is 0 Å². The van der Waals surface area contributed by atoms with Crippen molar-refractivity contribution >= 4 is 24.5 Å². The number of aliphatic hydroxyl groups is 1. The molecule has 0 unspecified atom stereocenters. The minimum absolute atomic E-state index is 0.0771. The Balaban J connectivity index is 1.93. The Kier molecular flexibility index (Phi) is 8.01. The van der Waals surface area contributed by atoms with Crippen LogP contribution < -0.4 is 3.61 Å².